The van der Waals surface area contributed by atoms with E-state index in [1.807, 2.05) is 22.8 Å². The first-order chi connectivity index (χ1) is 9.15. The van der Waals surface area contributed by atoms with Crippen LogP contribution in [-0.4, -0.2) is 9.55 Å². The van der Waals surface area contributed by atoms with Gasteiger partial charge in [-0.3, -0.25) is 4.79 Å². The van der Waals surface area contributed by atoms with Gasteiger partial charge >= 0.3 is 0 Å². The minimum absolute atomic E-state index is 0.0200. The van der Waals surface area contributed by atoms with Crippen LogP contribution >= 0.6 is 31.9 Å². The van der Waals surface area contributed by atoms with E-state index in [0.29, 0.717) is 11.0 Å². The van der Waals surface area contributed by atoms with Gasteiger partial charge in [0, 0.05) is 33.1 Å². The number of benzene rings is 1. The lowest BCUT2D eigenvalue weighted by atomic mass is 10.2. The summed E-state index contributed by atoms with van der Waals surface area (Å²) in [5.41, 5.74) is 1.57. The quantitative estimate of drug-likeness (QED) is 0.642. The molecule has 3 rings (SSSR count). The van der Waals surface area contributed by atoms with Gasteiger partial charge in [0.2, 0.25) is 0 Å². The maximum absolute atomic E-state index is 11.8. The smallest absolute Gasteiger partial charge is 0.191 e. The van der Waals surface area contributed by atoms with Crippen molar-refractivity contribution in [3.63, 3.8) is 0 Å². The number of fused-ring (bicyclic) bond motifs is 1. The van der Waals surface area contributed by atoms with E-state index in [4.69, 9.17) is 0 Å². The van der Waals surface area contributed by atoms with Crippen molar-refractivity contribution in [2.75, 3.05) is 0 Å². The molecular formula is C14H8Br2N2O. The van der Waals surface area contributed by atoms with Crippen LogP contribution in [0.5, 0.6) is 0 Å². The Balaban J connectivity index is 2.37. The Hall–Kier alpha value is -1.46. The second-order valence-corrected chi connectivity index (χ2v) is 5.88. The first-order valence-corrected chi connectivity index (χ1v) is 7.16. The molecule has 0 aliphatic heterocycles. The Morgan fingerprint density at radius 3 is 2.53 bits per heavy atom. The molecule has 0 spiro atoms. The second kappa shape index (κ2) is 4.90. The third-order valence-electron chi connectivity index (χ3n) is 2.78. The summed E-state index contributed by atoms with van der Waals surface area (Å²) in [7, 11) is 0. The van der Waals surface area contributed by atoms with Gasteiger partial charge in [-0.15, -0.1) is 0 Å². The zero-order valence-corrected chi connectivity index (χ0v) is 12.8. The third-order valence-corrected chi connectivity index (χ3v) is 3.70. The molecule has 1 aromatic carbocycles. The Labute approximate surface area is 126 Å². The van der Waals surface area contributed by atoms with Crippen molar-refractivity contribution >= 4 is 42.9 Å². The lowest BCUT2D eigenvalue weighted by Gasteiger charge is -2.10. The molecule has 0 aliphatic rings. The van der Waals surface area contributed by atoms with Crippen molar-refractivity contribution in [1.29, 1.82) is 0 Å². The van der Waals surface area contributed by atoms with Gasteiger partial charge in [-0.05, 0) is 30.3 Å². The molecule has 0 unspecified atom stereocenters. The molecule has 0 aliphatic carbocycles. The average molecular weight is 380 g/mol. The maximum atomic E-state index is 11.8. The van der Waals surface area contributed by atoms with Gasteiger partial charge in [-0.25, -0.2) is 4.98 Å². The molecule has 5 heteroatoms. The van der Waals surface area contributed by atoms with Gasteiger partial charge in [-0.1, -0.05) is 31.9 Å². The highest BCUT2D eigenvalue weighted by Gasteiger charge is 2.06. The van der Waals surface area contributed by atoms with Gasteiger partial charge in [0.1, 0.15) is 5.65 Å². The van der Waals surface area contributed by atoms with Crippen LogP contribution in [0, 0.1) is 0 Å². The van der Waals surface area contributed by atoms with E-state index in [1.54, 1.807) is 30.6 Å². The molecule has 0 saturated carbocycles. The summed E-state index contributed by atoms with van der Waals surface area (Å²) in [5.74, 6) is 0. The molecule has 94 valence electrons. The summed E-state index contributed by atoms with van der Waals surface area (Å²) in [4.78, 5) is 16.1. The predicted octanol–water partition coefficient (Wildman–Crippen LogP) is 3.91. The molecule has 0 atom stereocenters. The van der Waals surface area contributed by atoms with Crippen LogP contribution in [0.2, 0.25) is 0 Å². The number of halogens is 2. The molecule has 19 heavy (non-hydrogen) atoms. The van der Waals surface area contributed by atoms with Gasteiger partial charge in [0.15, 0.2) is 5.43 Å². The molecule has 2 aromatic heterocycles. The third kappa shape index (κ3) is 2.35. The molecule has 0 radical (unpaired) electrons. The van der Waals surface area contributed by atoms with Crippen LogP contribution in [0.15, 0.2) is 62.5 Å². The predicted molar refractivity (Wildman–Crippen MR) is 82.7 cm³/mol. The van der Waals surface area contributed by atoms with E-state index >= 15 is 0 Å². The van der Waals surface area contributed by atoms with Crippen molar-refractivity contribution in [2.45, 2.75) is 0 Å². The fourth-order valence-electron chi connectivity index (χ4n) is 1.97. The van der Waals surface area contributed by atoms with Crippen LogP contribution in [0.25, 0.3) is 16.7 Å². The van der Waals surface area contributed by atoms with Crippen LogP contribution < -0.4 is 5.43 Å². The summed E-state index contributed by atoms with van der Waals surface area (Å²) in [6, 6.07) is 11.0. The van der Waals surface area contributed by atoms with E-state index in [2.05, 4.69) is 36.8 Å². The SMILES string of the molecule is O=c1ccn(-c2cc(Br)cc(Br)c2)c2ncccc12. The summed E-state index contributed by atoms with van der Waals surface area (Å²) >= 11 is 6.93. The van der Waals surface area contributed by atoms with Gasteiger partial charge in [0.25, 0.3) is 0 Å². The summed E-state index contributed by atoms with van der Waals surface area (Å²) in [6.07, 6.45) is 3.43. The second-order valence-electron chi connectivity index (χ2n) is 4.05. The van der Waals surface area contributed by atoms with E-state index < -0.39 is 0 Å². The standard InChI is InChI=1S/C14H8Br2N2O/c15-9-6-10(16)8-11(7-9)18-5-3-13(19)12-2-1-4-17-14(12)18/h1-8H. The highest BCUT2D eigenvalue weighted by atomic mass is 79.9. The lowest BCUT2D eigenvalue weighted by Crippen LogP contribution is -2.07. The molecule has 3 nitrogen and oxygen atoms in total. The van der Waals surface area contributed by atoms with Gasteiger partial charge < -0.3 is 4.57 Å². The number of hydrogen-bond donors (Lipinski definition) is 0. The van der Waals surface area contributed by atoms with Gasteiger partial charge in [0.05, 0.1) is 5.39 Å². The fraction of sp³-hybridized carbons (Fsp3) is 0. The Morgan fingerprint density at radius 2 is 1.79 bits per heavy atom. The van der Waals surface area contributed by atoms with E-state index in [0.717, 1.165) is 14.6 Å². The summed E-state index contributed by atoms with van der Waals surface area (Å²) < 4.78 is 3.81. The van der Waals surface area contributed by atoms with Crippen LogP contribution in [0.4, 0.5) is 0 Å². The minimum Gasteiger partial charge on any atom is -0.301 e. The van der Waals surface area contributed by atoms with Crippen molar-refractivity contribution in [3.8, 4) is 5.69 Å². The Morgan fingerprint density at radius 1 is 1.05 bits per heavy atom. The highest BCUT2D eigenvalue weighted by molar-refractivity contribution is 9.11. The van der Waals surface area contributed by atoms with E-state index in [1.165, 1.54) is 0 Å². The minimum atomic E-state index is -0.0200. The van der Waals surface area contributed by atoms with Crippen LogP contribution in [0.3, 0.4) is 0 Å². The number of aromatic nitrogens is 2. The monoisotopic (exact) mass is 378 g/mol. The largest absolute Gasteiger partial charge is 0.301 e. The highest BCUT2D eigenvalue weighted by Crippen LogP contribution is 2.24. The first-order valence-electron chi connectivity index (χ1n) is 5.58. The molecule has 0 bridgehead atoms. The number of pyridine rings is 2. The number of nitrogens with zero attached hydrogens (tertiary/aromatic N) is 2. The summed E-state index contributed by atoms with van der Waals surface area (Å²) in [5, 5.41) is 0.612. The van der Waals surface area contributed by atoms with Crippen LogP contribution in [-0.2, 0) is 0 Å². The Bertz CT molecular complexity index is 807. The maximum Gasteiger partial charge on any atom is 0.191 e. The number of hydrogen-bond acceptors (Lipinski definition) is 2. The van der Waals surface area contributed by atoms with Crippen molar-refractivity contribution in [1.82, 2.24) is 9.55 Å². The number of rotatable bonds is 1. The molecule has 2 heterocycles. The molecule has 0 amide bonds. The molecule has 0 fully saturated rings. The van der Waals surface area contributed by atoms with Gasteiger partial charge in [-0.2, -0.15) is 0 Å². The summed E-state index contributed by atoms with van der Waals surface area (Å²) in [6.45, 7) is 0. The topological polar surface area (TPSA) is 34.9 Å². The lowest BCUT2D eigenvalue weighted by molar-refractivity contribution is 1.06. The van der Waals surface area contributed by atoms with E-state index in [9.17, 15) is 4.79 Å². The van der Waals surface area contributed by atoms with Crippen molar-refractivity contribution in [3.05, 3.63) is 68.0 Å². The molecular weight excluding hydrogens is 372 g/mol. The molecule has 3 aromatic rings. The van der Waals surface area contributed by atoms with Crippen molar-refractivity contribution in [2.24, 2.45) is 0 Å². The van der Waals surface area contributed by atoms with Crippen molar-refractivity contribution < 1.29 is 0 Å². The first kappa shape index (κ1) is 12.6. The Kier molecular flexibility index (Phi) is 3.24. The molecule has 0 saturated heterocycles. The zero-order chi connectivity index (χ0) is 13.4. The fourth-order valence-corrected chi connectivity index (χ4v) is 3.24. The normalized spacial score (nSPS) is 10.8. The van der Waals surface area contributed by atoms with Crippen LogP contribution in [0.1, 0.15) is 0 Å². The zero-order valence-electron chi connectivity index (χ0n) is 9.68. The molecule has 0 N–H and O–H groups in total. The van der Waals surface area contributed by atoms with E-state index in [-0.39, 0.29) is 5.43 Å². The average Bonchev–Trinajstić information content (AvgIpc) is 2.38.